The number of allylic oxidation sites excluding steroid dienone is 1. The van der Waals surface area contributed by atoms with E-state index in [1.165, 1.54) is 16.2 Å². The minimum atomic E-state index is -4.01. The van der Waals surface area contributed by atoms with Gasteiger partial charge in [-0.15, -0.1) is 11.3 Å². The Hall–Kier alpha value is -4.83. The van der Waals surface area contributed by atoms with E-state index in [9.17, 15) is 32.7 Å². The predicted molar refractivity (Wildman–Crippen MR) is 205 cm³/mol. The first-order chi connectivity index (χ1) is 26.2. The number of nitrogens with one attached hydrogen (secondary N) is 3. The Kier molecular flexibility index (Phi) is 10.5. The van der Waals surface area contributed by atoms with E-state index in [0.717, 1.165) is 12.0 Å². The smallest absolute Gasteiger partial charge is 0.405 e. The van der Waals surface area contributed by atoms with Gasteiger partial charge in [0.05, 0.1) is 17.0 Å². The van der Waals surface area contributed by atoms with Crippen LogP contribution in [0.1, 0.15) is 65.7 Å². The second-order valence-corrected chi connectivity index (χ2v) is 18.8. The van der Waals surface area contributed by atoms with Crippen LogP contribution in [0.25, 0.3) is 22.0 Å². The summed E-state index contributed by atoms with van der Waals surface area (Å²) in [5, 5.41) is 17.6. The molecule has 0 radical (unpaired) electrons. The Balaban J connectivity index is 1.22. The molecule has 1 aromatic carbocycles. The minimum Gasteiger partial charge on any atom is -0.488 e. The molecule has 292 valence electrons. The first-order valence-electron chi connectivity index (χ1n) is 18.7. The molecule has 0 unspecified atom stereocenters. The van der Waals surface area contributed by atoms with Crippen molar-refractivity contribution in [1.82, 2.24) is 30.2 Å². The van der Waals surface area contributed by atoms with Gasteiger partial charge >= 0.3 is 6.09 Å². The highest BCUT2D eigenvalue weighted by Crippen LogP contribution is 2.47. The van der Waals surface area contributed by atoms with E-state index in [2.05, 4.69) is 20.3 Å². The van der Waals surface area contributed by atoms with Crippen LogP contribution in [0.4, 0.5) is 4.79 Å². The molecule has 14 nitrogen and oxygen atoms in total. The molecular weight excluding hydrogens is 745 g/mol. The molecule has 1 saturated heterocycles. The van der Waals surface area contributed by atoms with E-state index in [4.69, 9.17) is 9.72 Å². The van der Waals surface area contributed by atoms with Crippen molar-refractivity contribution in [3.8, 4) is 27.7 Å². The van der Waals surface area contributed by atoms with E-state index in [1.807, 2.05) is 61.7 Å². The molecular formula is C39H46N6O8S2. The quantitative estimate of drug-likeness (QED) is 0.231. The third-order valence-electron chi connectivity index (χ3n) is 11.3. The van der Waals surface area contributed by atoms with Gasteiger partial charge in [0.15, 0.2) is 0 Å². The van der Waals surface area contributed by atoms with Gasteiger partial charge < -0.3 is 25.4 Å². The van der Waals surface area contributed by atoms with Crippen LogP contribution in [0.2, 0.25) is 0 Å². The van der Waals surface area contributed by atoms with Crippen molar-refractivity contribution >= 4 is 45.2 Å². The molecule has 4 N–H and O–H groups in total. The third-order valence-corrected chi connectivity index (χ3v) is 14.3. The van der Waals surface area contributed by atoms with Crippen LogP contribution >= 0.6 is 11.3 Å². The minimum absolute atomic E-state index is 0.0201. The van der Waals surface area contributed by atoms with Gasteiger partial charge in [0, 0.05) is 41.6 Å². The summed E-state index contributed by atoms with van der Waals surface area (Å²) >= 11 is 1.42. The number of amides is 4. The van der Waals surface area contributed by atoms with Crippen LogP contribution < -0.4 is 20.1 Å². The van der Waals surface area contributed by atoms with Gasteiger partial charge in [0.2, 0.25) is 21.8 Å². The van der Waals surface area contributed by atoms with E-state index >= 15 is 0 Å². The summed E-state index contributed by atoms with van der Waals surface area (Å²) in [6.07, 6.45) is 6.37. The number of thiazole rings is 1. The zero-order valence-corrected chi connectivity index (χ0v) is 32.6. The highest BCUT2D eigenvalue weighted by atomic mass is 32.2. The lowest BCUT2D eigenvalue weighted by Gasteiger charge is -2.32. The zero-order valence-electron chi connectivity index (χ0n) is 30.9. The fraction of sp³-hybridized carbons (Fsp3) is 0.487. The third kappa shape index (κ3) is 8.11. The molecule has 16 heteroatoms. The van der Waals surface area contributed by atoms with Gasteiger partial charge in [-0.05, 0) is 57.3 Å². The number of sulfonamides is 1. The summed E-state index contributed by atoms with van der Waals surface area (Å²) < 4.78 is 34.1. The summed E-state index contributed by atoms with van der Waals surface area (Å²) in [7, 11) is -4.01. The van der Waals surface area contributed by atoms with Gasteiger partial charge in [0.25, 0.3) is 5.91 Å². The molecule has 55 heavy (non-hydrogen) atoms. The van der Waals surface area contributed by atoms with Crippen LogP contribution in [-0.4, -0.2) is 87.2 Å². The van der Waals surface area contributed by atoms with Gasteiger partial charge in [-0.25, -0.2) is 23.2 Å². The summed E-state index contributed by atoms with van der Waals surface area (Å²) in [6, 6.07) is 10.8. The number of carboxylic acid groups (broad SMARTS) is 1. The van der Waals surface area contributed by atoms with E-state index < -0.39 is 74.1 Å². The molecule has 3 fully saturated rings. The number of hydrogen-bond acceptors (Lipinski definition) is 10. The van der Waals surface area contributed by atoms with Gasteiger partial charge in [0.1, 0.15) is 40.2 Å². The number of rotatable bonds is 8. The second kappa shape index (κ2) is 15.0. The molecule has 2 saturated carbocycles. The topological polar surface area (TPSA) is 197 Å². The van der Waals surface area contributed by atoms with Crippen molar-refractivity contribution in [2.24, 2.45) is 17.8 Å². The van der Waals surface area contributed by atoms with E-state index in [1.54, 1.807) is 25.3 Å². The molecule has 4 heterocycles. The summed E-state index contributed by atoms with van der Waals surface area (Å²) in [5.41, 5.74) is 0.516. The average Bonchev–Trinajstić information content (AvgIpc) is 3.90. The van der Waals surface area contributed by atoms with Crippen LogP contribution in [0.15, 0.2) is 66.2 Å². The Morgan fingerprint density at radius 2 is 1.84 bits per heavy atom. The number of hydrogen-bond donors (Lipinski definition) is 4. The molecule has 3 aromatic rings. The van der Waals surface area contributed by atoms with Crippen LogP contribution in [0.5, 0.6) is 5.75 Å². The van der Waals surface area contributed by atoms with Gasteiger partial charge in [-0.3, -0.25) is 19.1 Å². The average molecular weight is 791 g/mol. The standard InChI is InChI=1S/C39H46N6O8S2/c1-23-9-7-8-12-26-21-39(26,36(48)44-55(51,52)38(3)13-14-38)43-33(46)31-20-28(22-45(31)35(47)32(24(2)17-23)42-37(49)50)53-27-18-29(25-10-5-4-6-11-25)41-30(19-27)34-40-15-16-54-34/h4-6,8,10-12,15-16,18-19,23-24,26,28,31-32,42H,7,9,13-14,17,20-22H2,1-3H3,(H,43,46)(H,44,48)(H,49,50)/t23-,24-,26-,28-,31+,32+,39-/m1/s1. The number of aromatic nitrogens is 2. The maximum atomic E-state index is 14.5. The number of carbonyl (C=O) groups excluding carboxylic acids is 3. The maximum absolute atomic E-state index is 14.5. The SMILES string of the molecule is C[C@@H]1CCC=C[C@@H]2C[C@@]2(C(=O)NS(=O)(=O)C2(C)CC2)NC(=O)[C@@H]2C[C@@H](Oc3cc(-c4ccccc4)nc(-c4nccs4)c3)CN2C(=O)[C@@H](NC(=O)O)[C@H](C)C1. The molecule has 2 aliphatic carbocycles. The highest BCUT2D eigenvalue weighted by Gasteiger charge is 2.63. The molecule has 2 aromatic heterocycles. The van der Waals surface area contributed by atoms with E-state index in [-0.39, 0.29) is 25.3 Å². The molecule has 4 aliphatic rings. The number of fused-ring (bicyclic) bond motifs is 2. The van der Waals surface area contributed by atoms with Crippen molar-refractivity contribution in [3.05, 3.63) is 66.2 Å². The number of benzene rings is 1. The Morgan fingerprint density at radius 3 is 2.53 bits per heavy atom. The second-order valence-electron chi connectivity index (χ2n) is 15.7. The lowest BCUT2D eigenvalue weighted by molar-refractivity contribution is -0.142. The van der Waals surface area contributed by atoms with Crippen molar-refractivity contribution in [2.75, 3.05) is 6.54 Å². The van der Waals surface area contributed by atoms with Crippen molar-refractivity contribution < 1.29 is 37.4 Å². The number of carbonyl (C=O) groups is 4. The lowest BCUT2D eigenvalue weighted by atomic mass is 9.88. The maximum Gasteiger partial charge on any atom is 0.405 e. The summed E-state index contributed by atoms with van der Waals surface area (Å²) in [6.45, 7) is 5.38. The predicted octanol–water partition coefficient (Wildman–Crippen LogP) is 4.74. The fourth-order valence-electron chi connectivity index (χ4n) is 7.71. The number of nitrogens with zero attached hydrogens (tertiary/aromatic N) is 3. The Morgan fingerprint density at radius 1 is 1.09 bits per heavy atom. The lowest BCUT2D eigenvalue weighted by Crippen LogP contribution is -2.59. The Labute approximate surface area is 324 Å². The fourth-order valence-corrected chi connectivity index (χ4v) is 9.62. The first kappa shape index (κ1) is 38.4. The normalized spacial score (nSPS) is 29.1. The summed E-state index contributed by atoms with van der Waals surface area (Å²) in [4.78, 5) is 65.5. The largest absolute Gasteiger partial charge is 0.488 e. The molecule has 7 atom stereocenters. The number of pyridine rings is 1. The molecule has 7 rings (SSSR count). The van der Waals surface area contributed by atoms with Gasteiger partial charge in [-0.2, -0.15) is 0 Å². The van der Waals surface area contributed by atoms with Gasteiger partial charge in [-0.1, -0.05) is 56.3 Å². The van der Waals surface area contributed by atoms with E-state index in [0.29, 0.717) is 47.8 Å². The molecule has 2 aliphatic heterocycles. The number of ether oxygens (including phenoxy) is 1. The molecule has 0 spiro atoms. The first-order valence-corrected chi connectivity index (χ1v) is 21.0. The monoisotopic (exact) mass is 790 g/mol. The molecule has 0 bridgehead atoms. The van der Waals surface area contributed by atoms with Crippen molar-refractivity contribution in [3.63, 3.8) is 0 Å². The van der Waals surface area contributed by atoms with Crippen LogP contribution in [0, 0.1) is 17.8 Å². The van der Waals surface area contributed by atoms with Crippen LogP contribution in [0.3, 0.4) is 0 Å². The molecule has 4 amide bonds. The Bertz CT molecular complexity index is 2090. The summed E-state index contributed by atoms with van der Waals surface area (Å²) in [5.74, 6) is -2.38. The van der Waals surface area contributed by atoms with Crippen LogP contribution in [-0.2, 0) is 24.4 Å². The van der Waals surface area contributed by atoms with Crippen molar-refractivity contribution in [2.45, 2.75) is 94.2 Å². The van der Waals surface area contributed by atoms with Crippen molar-refractivity contribution in [1.29, 1.82) is 0 Å². The highest BCUT2D eigenvalue weighted by molar-refractivity contribution is 7.91. The zero-order chi connectivity index (χ0) is 39.1.